The van der Waals surface area contributed by atoms with Crippen molar-refractivity contribution in [3.63, 3.8) is 0 Å². The van der Waals surface area contributed by atoms with Gasteiger partial charge in [0, 0.05) is 0 Å². The molecule has 1 aromatic heterocycles. The molecule has 1 aromatic rings. The van der Waals surface area contributed by atoms with Crippen molar-refractivity contribution in [2.45, 2.75) is 13.0 Å². The molecule has 4 atom stereocenters. The number of carboxylic acid groups (broad SMARTS) is 1. The molecule has 1 fully saturated rings. The third-order valence-electron chi connectivity index (χ3n) is 4.06. The Morgan fingerprint density at radius 1 is 1.32 bits per heavy atom. The molecule has 100 valence electrons. The highest BCUT2D eigenvalue weighted by molar-refractivity contribution is 5.86. The average Bonchev–Trinajstić information content (AvgIpc) is 3.10. The van der Waals surface area contributed by atoms with Gasteiger partial charge in [-0.3, -0.25) is 9.59 Å². The quantitative estimate of drug-likeness (QED) is 0.803. The van der Waals surface area contributed by atoms with E-state index in [-0.39, 0.29) is 17.7 Å². The number of hydrogen-bond acceptors (Lipinski definition) is 3. The van der Waals surface area contributed by atoms with E-state index in [9.17, 15) is 14.7 Å². The Labute approximate surface area is 110 Å². The number of carboxylic acids is 1. The van der Waals surface area contributed by atoms with Gasteiger partial charge in [-0.25, -0.2) is 0 Å². The lowest BCUT2D eigenvalue weighted by Gasteiger charge is -2.23. The molecule has 0 aromatic carbocycles. The Balaban J connectivity index is 1.68. The van der Waals surface area contributed by atoms with Gasteiger partial charge in [0.05, 0.1) is 24.6 Å². The molecular formula is C14H15NO4. The third-order valence-corrected chi connectivity index (χ3v) is 4.06. The van der Waals surface area contributed by atoms with E-state index in [1.807, 2.05) is 12.2 Å². The van der Waals surface area contributed by atoms with Crippen LogP contribution in [0.4, 0.5) is 0 Å². The topological polar surface area (TPSA) is 79.5 Å². The van der Waals surface area contributed by atoms with Crippen molar-refractivity contribution in [2.24, 2.45) is 23.7 Å². The second kappa shape index (κ2) is 4.57. The number of amides is 1. The molecule has 0 aliphatic heterocycles. The van der Waals surface area contributed by atoms with Crippen LogP contribution < -0.4 is 5.32 Å². The summed E-state index contributed by atoms with van der Waals surface area (Å²) in [5.74, 6) is -1.40. The molecular weight excluding hydrogens is 246 g/mol. The molecule has 1 amide bonds. The molecule has 1 heterocycles. The molecule has 2 bridgehead atoms. The smallest absolute Gasteiger partial charge is 0.307 e. The van der Waals surface area contributed by atoms with Gasteiger partial charge in [-0.2, -0.15) is 0 Å². The SMILES string of the molecule is O=C(NCc1ccco1)[C@@H]1[C@H](C(=O)O)[C@@H]2C=C[C@H]1C2. The van der Waals surface area contributed by atoms with Crippen molar-refractivity contribution in [1.29, 1.82) is 0 Å². The van der Waals surface area contributed by atoms with Gasteiger partial charge in [0.15, 0.2) is 0 Å². The summed E-state index contributed by atoms with van der Waals surface area (Å²) >= 11 is 0. The highest BCUT2D eigenvalue weighted by atomic mass is 16.4. The number of furan rings is 1. The normalized spacial score (nSPS) is 31.6. The van der Waals surface area contributed by atoms with Gasteiger partial charge in [-0.1, -0.05) is 12.2 Å². The van der Waals surface area contributed by atoms with Gasteiger partial charge < -0.3 is 14.8 Å². The monoisotopic (exact) mass is 261 g/mol. The minimum Gasteiger partial charge on any atom is -0.481 e. The maximum atomic E-state index is 12.2. The maximum absolute atomic E-state index is 12.2. The van der Waals surface area contributed by atoms with Crippen molar-refractivity contribution >= 4 is 11.9 Å². The van der Waals surface area contributed by atoms with Crippen LogP contribution in [0.25, 0.3) is 0 Å². The van der Waals surface area contributed by atoms with Crippen LogP contribution in [-0.2, 0) is 16.1 Å². The van der Waals surface area contributed by atoms with Crippen LogP contribution in [0.5, 0.6) is 0 Å². The van der Waals surface area contributed by atoms with Crippen LogP contribution in [0.2, 0.25) is 0 Å². The molecule has 0 radical (unpaired) electrons. The highest BCUT2D eigenvalue weighted by Gasteiger charge is 2.51. The summed E-state index contributed by atoms with van der Waals surface area (Å²) < 4.78 is 5.14. The lowest BCUT2D eigenvalue weighted by Crippen LogP contribution is -2.39. The van der Waals surface area contributed by atoms with Gasteiger partial charge in [0.2, 0.25) is 5.91 Å². The van der Waals surface area contributed by atoms with Gasteiger partial charge in [0.1, 0.15) is 5.76 Å². The van der Waals surface area contributed by atoms with Crippen LogP contribution in [0.15, 0.2) is 35.0 Å². The summed E-state index contributed by atoms with van der Waals surface area (Å²) in [6.45, 7) is 0.301. The maximum Gasteiger partial charge on any atom is 0.307 e. The minimum absolute atomic E-state index is 0.00172. The summed E-state index contributed by atoms with van der Waals surface area (Å²) in [6, 6.07) is 3.53. The molecule has 2 aliphatic rings. The highest BCUT2D eigenvalue weighted by Crippen LogP contribution is 2.48. The molecule has 0 spiro atoms. The largest absolute Gasteiger partial charge is 0.481 e. The zero-order valence-electron chi connectivity index (χ0n) is 10.3. The first-order valence-corrected chi connectivity index (χ1v) is 6.38. The summed E-state index contributed by atoms with van der Waals surface area (Å²) in [7, 11) is 0. The molecule has 5 nitrogen and oxygen atoms in total. The Morgan fingerprint density at radius 3 is 2.68 bits per heavy atom. The van der Waals surface area contributed by atoms with Crippen LogP contribution in [0, 0.1) is 23.7 Å². The summed E-state index contributed by atoms with van der Waals surface area (Å²) in [5, 5.41) is 12.0. The van der Waals surface area contributed by atoms with Crippen LogP contribution in [-0.4, -0.2) is 17.0 Å². The van der Waals surface area contributed by atoms with Gasteiger partial charge >= 0.3 is 5.97 Å². The van der Waals surface area contributed by atoms with Crippen molar-refractivity contribution in [1.82, 2.24) is 5.32 Å². The number of aliphatic carboxylic acids is 1. The van der Waals surface area contributed by atoms with Crippen LogP contribution in [0.3, 0.4) is 0 Å². The van der Waals surface area contributed by atoms with Crippen molar-refractivity contribution in [2.75, 3.05) is 0 Å². The van der Waals surface area contributed by atoms with Crippen LogP contribution >= 0.6 is 0 Å². The number of carbonyl (C=O) groups is 2. The Kier molecular flexibility index (Phi) is 2.89. The van der Waals surface area contributed by atoms with Gasteiger partial charge in [-0.15, -0.1) is 0 Å². The fourth-order valence-electron chi connectivity index (χ4n) is 3.22. The Bertz CT molecular complexity index is 520. The Hall–Kier alpha value is -2.04. The predicted octanol–water partition coefficient (Wildman–Crippen LogP) is 1.42. The van der Waals surface area contributed by atoms with E-state index in [1.54, 1.807) is 18.4 Å². The van der Waals surface area contributed by atoms with Gasteiger partial charge in [0.25, 0.3) is 0 Å². The van der Waals surface area contributed by atoms with E-state index in [0.717, 1.165) is 6.42 Å². The second-order valence-electron chi connectivity index (χ2n) is 5.14. The molecule has 0 saturated heterocycles. The average molecular weight is 261 g/mol. The number of nitrogens with one attached hydrogen (secondary N) is 1. The van der Waals surface area contributed by atoms with E-state index >= 15 is 0 Å². The van der Waals surface area contributed by atoms with E-state index in [0.29, 0.717) is 12.3 Å². The Morgan fingerprint density at radius 2 is 2.05 bits per heavy atom. The van der Waals surface area contributed by atoms with E-state index in [4.69, 9.17) is 4.42 Å². The molecule has 19 heavy (non-hydrogen) atoms. The van der Waals surface area contributed by atoms with Gasteiger partial charge in [-0.05, 0) is 30.4 Å². The first-order chi connectivity index (χ1) is 9.16. The summed E-state index contributed by atoms with van der Waals surface area (Å²) in [4.78, 5) is 23.5. The molecule has 0 unspecified atom stereocenters. The molecule has 2 aliphatic carbocycles. The van der Waals surface area contributed by atoms with Crippen molar-refractivity contribution in [3.05, 3.63) is 36.3 Å². The fraction of sp³-hybridized carbons (Fsp3) is 0.429. The standard InChI is InChI=1S/C14H15NO4/c16-13(15-7-10-2-1-5-19-10)11-8-3-4-9(6-8)12(11)14(17)18/h1-5,8-9,11-12H,6-7H2,(H,15,16)(H,17,18)/t8-,9+,11-,12+/m0/s1. The summed E-state index contributed by atoms with van der Waals surface area (Å²) in [6.07, 6.45) is 6.22. The first kappa shape index (κ1) is 12.0. The second-order valence-corrected chi connectivity index (χ2v) is 5.14. The van der Waals surface area contributed by atoms with E-state index in [1.165, 1.54) is 0 Å². The molecule has 5 heteroatoms. The summed E-state index contributed by atoms with van der Waals surface area (Å²) in [5.41, 5.74) is 0. The number of fused-ring (bicyclic) bond motifs is 2. The third kappa shape index (κ3) is 2.05. The lowest BCUT2D eigenvalue weighted by molar-refractivity contribution is -0.147. The zero-order valence-corrected chi connectivity index (χ0v) is 10.3. The van der Waals surface area contributed by atoms with E-state index < -0.39 is 17.8 Å². The number of hydrogen-bond donors (Lipinski definition) is 2. The molecule has 1 saturated carbocycles. The number of allylic oxidation sites excluding steroid dienone is 2. The molecule has 3 rings (SSSR count). The van der Waals surface area contributed by atoms with Crippen LogP contribution in [0.1, 0.15) is 12.2 Å². The molecule has 2 N–H and O–H groups in total. The minimum atomic E-state index is -0.880. The van der Waals surface area contributed by atoms with Crippen molar-refractivity contribution in [3.8, 4) is 0 Å². The zero-order chi connectivity index (χ0) is 13.4. The predicted molar refractivity (Wildman–Crippen MR) is 65.9 cm³/mol. The van der Waals surface area contributed by atoms with Crippen molar-refractivity contribution < 1.29 is 19.1 Å². The number of carbonyl (C=O) groups excluding carboxylic acids is 1. The van der Waals surface area contributed by atoms with E-state index in [2.05, 4.69) is 5.32 Å². The fourth-order valence-corrected chi connectivity index (χ4v) is 3.22. The first-order valence-electron chi connectivity index (χ1n) is 6.38. The lowest BCUT2D eigenvalue weighted by atomic mass is 9.82. The number of rotatable bonds is 4.